The van der Waals surface area contributed by atoms with Crippen LogP contribution in [0.25, 0.3) is 10.2 Å². The number of ether oxygens (including phenoxy) is 1. The van der Waals surface area contributed by atoms with Crippen LogP contribution in [0.4, 0.5) is 5.13 Å². The van der Waals surface area contributed by atoms with Gasteiger partial charge in [0.1, 0.15) is 5.75 Å². The van der Waals surface area contributed by atoms with Gasteiger partial charge in [0.25, 0.3) is 0 Å². The predicted octanol–water partition coefficient (Wildman–Crippen LogP) is 5.17. The summed E-state index contributed by atoms with van der Waals surface area (Å²) in [6, 6.07) is 17.6. The minimum absolute atomic E-state index is 0.000257. The van der Waals surface area contributed by atoms with E-state index in [0.29, 0.717) is 24.7 Å². The lowest BCUT2D eigenvalue weighted by Gasteiger charge is -2.20. The number of fused-ring (bicyclic) bond motifs is 1. The van der Waals surface area contributed by atoms with Gasteiger partial charge in [-0.3, -0.25) is 14.7 Å². The van der Waals surface area contributed by atoms with Gasteiger partial charge in [-0.05, 0) is 54.8 Å². The van der Waals surface area contributed by atoms with Gasteiger partial charge in [-0.2, -0.15) is 0 Å². The molecule has 6 heteroatoms. The zero-order chi connectivity index (χ0) is 20.9. The number of hydrogen-bond acceptors (Lipinski definition) is 5. The Morgan fingerprint density at radius 3 is 2.60 bits per heavy atom. The first-order valence-electron chi connectivity index (χ1n) is 9.91. The monoisotopic (exact) mass is 417 g/mol. The van der Waals surface area contributed by atoms with Crippen molar-refractivity contribution in [2.75, 3.05) is 11.5 Å². The minimum Gasteiger partial charge on any atom is -0.494 e. The van der Waals surface area contributed by atoms with Crippen LogP contribution in [0.15, 0.2) is 67.0 Å². The predicted molar refractivity (Wildman–Crippen MR) is 121 cm³/mol. The van der Waals surface area contributed by atoms with E-state index in [-0.39, 0.29) is 5.91 Å². The molecule has 5 nitrogen and oxygen atoms in total. The highest BCUT2D eigenvalue weighted by Crippen LogP contribution is 2.32. The lowest BCUT2D eigenvalue weighted by Crippen LogP contribution is -2.31. The molecule has 0 aliphatic rings. The number of nitrogens with zero attached hydrogens (tertiary/aromatic N) is 3. The van der Waals surface area contributed by atoms with Crippen molar-refractivity contribution in [2.24, 2.45) is 0 Å². The van der Waals surface area contributed by atoms with E-state index in [1.165, 1.54) is 0 Å². The van der Waals surface area contributed by atoms with E-state index in [9.17, 15) is 4.79 Å². The van der Waals surface area contributed by atoms with Crippen molar-refractivity contribution in [2.45, 2.75) is 26.8 Å². The normalized spacial score (nSPS) is 10.9. The van der Waals surface area contributed by atoms with Crippen LogP contribution in [0, 0.1) is 6.92 Å². The van der Waals surface area contributed by atoms with Gasteiger partial charge in [0.05, 0.1) is 29.8 Å². The summed E-state index contributed by atoms with van der Waals surface area (Å²) in [6.45, 7) is 5.04. The third-order valence-electron chi connectivity index (χ3n) is 4.79. The van der Waals surface area contributed by atoms with E-state index in [1.807, 2.05) is 68.4 Å². The first-order chi connectivity index (χ1) is 14.6. The Morgan fingerprint density at radius 2 is 1.90 bits per heavy atom. The molecule has 0 aliphatic heterocycles. The van der Waals surface area contributed by atoms with Crippen molar-refractivity contribution in [1.29, 1.82) is 0 Å². The maximum atomic E-state index is 13.3. The lowest BCUT2D eigenvalue weighted by atomic mass is 10.1. The van der Waals surface area contributed by atoms with E-state index in [4.69, 9.17) is 9.72 Å². The van der Waals surface area contributed by atoms with Crippen molar-refractivity contribution in [1.82, 2.24) is 9.97 Å². The SMILES string of the molecule is CCOc1ccc(CC(=O)N(Cc2cccnc2)c2nc3c(C)cccc3s2)cc1. The Kier molecular flexibility index (Phi) is 6.05. The molecule has 4 rings (SSSR count). The number of anilines is 1. The number of carbonyl (C=O) groups excluding carboxylic acids is 1. The highest BCUT2D eigenvalue weighted by atomic mass is 32.1. The number of benzene rings is 2. The van der Waals surface area contributed by atoms with Crippen LogP contribution in [-0.2, 0) is 17.8 Å². The molecule has 0 saturated carbocycles. The first-order valence-corrected chi connectivity index (χ1v) is 10.7. The topological polar surface area (TPSA) is 55.3 Å². The fraction of sp³-hybridized carbons (Fsp3) is 0.208. The molecule has 0 fully saturated rings. The number of pyridine rings is 1. The number of carbonyl (C=O) groups is 1. The standard InChI is InChI=1S/C24H23N3O2S/c1-3-29-20-11-9-18(10-12-20)14-22(28)27(16-19-7-5-13-25-15-19)24-26-23-17(2)6-4-8-21(23)30-24/h4-13,15H,3,14,16H2,1-2H3. The fourth-order valence-electron chi connectivity index (χ4n) is 3.27. The molecular weight excluding hydrogens is 394 g/mol. The summed E-state index contributed by atoms with van der Waals surface area (Å²) in [7, 11) is 0. The van der Waals surface area contributed by atoms with E-state index < -0.39 is 0 Å². The molecule has 0 spiro atoms. The second kappa shape index (κ2) is 9.05. The summed E-state index contributed by atoms with van der Waals surface area (Å²) in [5.74, 6) is 0.808. The highest BCUT2D eigenvalue weighted by molar-refractivity contribution is 7.22. The summed E-state index contributed by atoms with van der Waals surface area (Å²) in [6.07, 6.45) is 3.81. The van der Waals surface area contributed by atoms with Crippen LogP contribution >= 0.6 is 11.3 Å². The van der Waals surface area contributed by atoms with E-state index in [1.54, 1.807) is 28.6 Å². The summed E-state index contributed by atoms with van der Waals surface area (Å²) >= 11 is 1.54. The lowest BCUT2D eigenvalue weighted by molar-refractivity contribution is -0.118. The molecule has 0 saturated heterocycles. The first kappa shape index (κ1) is 20.0. The molecule has 0 bridgehead atoms. The third-order valence-corrected chi connectivity index (χ3v) is 5.84. The van der Waals surface area contributed by atoms with Crippen LogP contribution in [0.3, 0.4) is 0 Å². The minimum atomic E-state index is -0.000257. The van der Waals surface area contributed by atoms with Crippen molar-refractivity contribution in [3.63, 3.8) is 0 Å². The quantitative estimate of drug-likeness (QED) is 0.416. The van der Waals surface area contributed by atoms with Crippen molar-refractivity contribution in [3.8, 4) is 5.75 Å². The number of rotatable bonds is 7. The number of para-hydroxylation sites is 1. The summed E-state index contributed by atoms with van der Waals surface area (Å²) in [5.41, 5.74) is 3.96. The van der Waals surface area contributed by atoms with E-state index in [2.05, 4.69) is 4.98 Å². The fourth-order valence-corrected chi connectivity index (χ4v) is 4.33. The number of hydrogen-bond donors (Lipinski definition) is 0. The van der Waals surface area contributed by atoms with Crippen molar-refractivity contribution < 1.29 is 9.53 Å². The van der Waals surface area contributed by atoms with Gasteiger partial charge in [-0.25, -0.2) is 4.98 Å². The van der Waals surface area contributed by atoms with Crippen LogP contribution in [0.2, 0.25) is 0 Å². The Hall–Kier alpha value is -3.25. The molecule has 152 valence electrons. The van der Waals surface area contributed by atoms with Gasteiger partial charge < -0.3 is 4.74 Å². The smallest absolute Gasteiger partial charge is 0.233 e. The average Bonchev–Trinajstić information content (AvgIpc) is 3.20. The van der Waals surface area contributed by atoms with E-state index >= 15 is 0 Å². The molecule has 30 heavy (non-hydrogen) atoms. The van der Waals surface area contributed by atoms with E-state index in [0.717, 1.165) is 32.7 Å². The molecule has 2 aromatic heterocycles. The molecule has 2 aromatic carbocycles. The Bertz CT molecular complexity index is 1140. The second-order valence-electron chi connectivity index (χ2n) is 7.01. The molecule has 0 atom stereocenters. The van der Waals surface area contributed by atoms with Gasteiger partial charge in [-0.1, -0.05) is 41.7 Å². The third kappa shape index (κ3) is 4.49. The summed E-state index contributed by atoms with van der Waals surface area (Å²) in [4.78, 5) is 24.1. The Labute approximate surface area is 180 Å². The summed E-state index contributed by atoms with van der Waals surface area (Å²) in [5, 5.41) is 0.707. The average molecular weight is 418 g/mol. The maximum absolute atomic E-state index is 13.3. The van der Waals surface area contributed by atoms with Gasteiger partial charge in [0.2, 0.25) is 5.91 Å². The van der Waals surface area contributed by atoms with Gasteiger partial charge >= 0.3 is 0 Å². The van der Waals surface area contributed by atoms with Gasteiger partial charge in [0, 0.05) is 12.4 Å². The Balaban J connectivity index is 1.63. The molecule has 0 radical (unpaired) electrons. The number of aromatic nitrogens is 2. The molecule has 0 N–H and O–H groups in total. The number of amides is 1. The van der Waals surface area contributed by atoms with Gasteiger partial charge in [0.15, 0.2) is 5.13 Å². The Morgan fingerprint density at radius 1 is 1.07 bits per heavy atom. The maximum Gasteiger partial charge on any atom is 0.233 e. The summed E-state index contributed by atoms with van der Waals surface area (Å²) < 4.78 is 6.57. The largest absolute Gasteiger partial charge is 0.494 e. The molecule has 0 aliphatic carbocycles. The van der Waals surface area contributed by atoms with Crippen LogP contribution in [-0.4, -0.2) is 22.5 Å². The van der Waals surface area contributed by atoms with Crippen LogP contribution in [0.1, 0.15) is 23.6 Å². The zero-order valence-electron chi connectivity index (χ0n) is 17.0. The van der Waals surface area contributed by atoms with Crippen molar-refractivity contribution in [3.05, 3.63) is 83.7 Å². The van der Waals surface area contributed by atoms with Crippen molar-refractivity contribution >= 4 is 32.6 Å². The molecule has 0 unspecified atom stereocenters. The molecule has 1 amide bonds. The zero-order valence-corrected chi connectivity index (χ0v) is 17.9. The second-order valence-corrected chi connectivity index (χ2v) is 8.02. The molecule has 4 aromatic rings. The van der Waals surface area contributed by atoms with Gasteiger partial charge in [-0.15, -0.1) is 0 Å². The number of aryl methyl sites for hydroxylation is 1. The van der Waals surface area contributed by atoms with Crippen LogP contribution < -0.4 is 9.64 Å². The van der Waals surface area contributed by atoms with Crippen LogP contribution in [0.5, 0.6) is 5.75 Å². The highest BCUT2D eigenvalue weighted by Gasteiger charge is 2.21. The number of thiazole rings is 1. The molecule has 2 heterocycles. The molecular formula is C24H23N3O2S.